The monoisotopic (exact) mass is 461 g/mol. The van der Waals surface area contributed by atoms with Gasteiger partial charge in [-0.25, -0.2) is 0 Å². The third-order valence-corrected chi connectivity index (χ3v) is 7.10. The number of nitrogens with zero attached hydrogens (tertiary/aromatic N) is 3. The Hall–Kier alpha value is -4.96. The van der Waals surface area contributed by atoms with Gasteiger partial charge in [0, 0.05) is 34.6 Å². The van der Waals surface area contributed by atoms with Crippen molar-refractivity contribution < 1.29 is 4.74 Å². The minimum atomic E-state index is 0.852. The fourth-order valence-corrected chi connectivity index (χ4v) is 5.58. The van der Waals surface area contributed by atoms with E-state index in [2.05, 4.69) is 93.7 Å². The summed E-state index contributed by atoms with van der Waals surface area (Å²) in [5.74, 6) is 1.70. The Balaban J connectivity index is 1.33. The van der Waals surface area contributed by atoms with E-state index in [1.54, 1.807) is 12.4 Å². The van der Waals surface area contributed by atoms with Crippen molar-refractivity contribution in [1.29, 1.82) is 0 Å². The second kappa shape index (κ2) is 7.27. The number of rotatable bonds is 2. The normalized spacial score (nSPS) is 12.6. The second-order valence-corrected chi connectivity index (χ2v) is 9.07. The van der Waals surface area contributed by atoms with Crippen molar-refractivity contribution in [3.05, 3.63) is 116 Å². The first-order valence-corrected chi connectivity index (χ1v) is 12.0. The van der Waals surface area contributed by atoms with Crippen molar-refractivity contribution >= 4 is 27.8 Å². The zero-order valence-corrected chi connectivity index (χ0v) is 19.2. The summed E-state index contributed by atoms with van der Waals surface area (Å²) in [4.78, 5) is 11.6. The van der Waals surface area contributed by atoms with Gasteiger partial charge in [-0.3, -0.25) is 9.97 Å². The topological polar surface area (TPSA) is 38.2 Å². The first-order valence-electron chi connectivity index (χ1n) is 12.0. The minimum Gasteiger partial charge on any atom is -0.453 e. The number of benzene rings is 5. The van der Waals surface area contributed by atoms with Gasteiger partial charge in [-0.05, 0) is 52.9 Å². The Bertz CT molecular complexity index is 1770. The first kappa shape index (κ1) is 19.4. The van der Waals surface area contributed by atoms with Crippen molar-refractivity contribution in [2.45, 2.75) is 0 Å². The summed E-state index contributed by atoms with van der Waals surface area (Å²) in [5, 5.41) is 2.44. The Kier molecular flexibility index (Phi) is 3.91. The molecule has 1 aliphatic heterocycles. The quantitative estimate of drug-likeness (QED) is 0.259. The molecule has 0 saturated heterocycles. The molecule has 0 spiro atoms. The summed E-state index contributed by atoms with van der Waals surface area (Å²) in [6.45, 7) is 0. The fourth-order valence-electron chi connectivity index (χ4n) is 5.58. The molecule has 4 nitrogen and oxygen atoms in total. The van der Waals surface area contributed by atoms with E-state index in [4.69, 9.17) is 4.74 Å². The van der Waals surface area contributed by atoms with Gasteiger partial charge in [0.15, 0.2) is 11.5 Å². The second-order valence-electron chi connectivity index (χ2n) is 9.07. The van der Waals surface area contributed by atoms with Gasteiger partial charge in [-0.2, -0.15) is 0 Å². The van der Waals surface area contributed by atoms with Crippen molar-refractivity contribution in [3.63, 3.8) is 0 Å². The van der Waals surface area contributed by atoms with Crippen LogP contribution in [-0.2, 0) is 0 Å². The van der Waals surface area contributed by atoms with Crippen LogP contribution in [0.2, 0.25) is 0 Å². The van der Waals surface area contributed by atoms with Crippen LogP contribution >= 0.6 is 0 Å². The third kappa shape index (κ3) is 2.64. The lowest BCUT2D eigenvalue weighted by Crippen LogP contribution is -2.15. The number of anilines is 3. The highest BCUT2D eigenvalue weighted by molar-refractivity contribution is 6.17. The molecule has 5 aromatic carbocycles. The molecule has 1 aromatic heterocycles. The lowest BCUT2D eigenvalue weighted by Gasteiger charge is -2.33. The molecule has 0 radical (unpaired) electrons. The van der Waals surface area contributed by atoms with Crippen molar-refractivity contribution in [3.8, 4) is 45.1 Å². The van der Waals surface area contributed by atoms with Gasteiger partial charge in [0.2, 0.25) is 0 Å². The lowest BCUT2D eigenvalue weighted by atomic mass is 9.94. The summed E-state index contributed by atoms with van der Waals surface area (Å²) in [5.41, 5.74) is 9.73. The standard InChI is InChI=1S/C32H19N3O/c1-3-13-28-26(11-1)35(27-12-2-4-14-29(27)36-28)21-8-5-7-20(19-21)22-15-16-25-30-23(22)9-6-10-24(30)31-32(25)34-18-17-33-31/h1-19H. The first-order chi connectivity index (χ1) is 17.9. The highest BCUT2D eigenvalue weighted by atomic mass is 16.5. The average molecular weight is 462 g/mol. The molecular weight excluding hydrogens is 442 g/mol. The van der Waals surface area contributed by atoms with E-state index >= 15 is 0 Å². The molecule has 36 heavy (non-hydrogen) atoms. The molecule has 0 N–H and O–H groups in total. The van der Waals surface area contributed by atoms with Crippen molar-refractivity contribution in [1.82, 2.24) is 9.97 Å². The van der Waals surface area contributed by atoms with E-state index in [1.165, 1.54) is 16.3 Å². The number of aromatic nitrogens is 2. The van der Waals surface area contributed by atoms with E-state index in [0.29, 0.717) is 0 Å². The van der Waals surface area contributed by atoms with Crippen molar-refractivity contribution in [2.75, 3.05) is 4.90 Å². The van der Waals surface area contributed by atoms with Crippen molar-refractivity contribution in [2.24, 2.45) is 0 Å². The molecular formula is C32H19N3O. The summed E-state index contributed by atoms with van der Waals surface area (Å²) in [7, 11) is 0. The Morgan fingerprint density at radius 1 is 0.556 bits per heavy atom. The van der Waals surface area contributed by atoms with Gasteiger partial charge < -0.3 is 9.64 Å². The van der Waals surface area contributed by atoms with Gasteiger partial charge in [-0.15, -0.1) is 0 Å². The predicted molar refractivity (Wildman–Crippen MR) is 144 cm³/mol. The largest absolute Gasteiger partial charge is 0.453 e. The maximum absolute atomic E-state index is 6.21. The highest BCUT2D eigenvalue weighted by Crippen LogP contribution is 2.51. The van der Waals surface area contributed by atoms with Crippen LogP contribution in [0, 0.1) is 0 Å². The van der Waals surface area contributed by atoms with Crippen LogP contribution in [0.15, 0.2) is 116 Å². The third-order valence-electron chi connectivity index (χ3n) is 7.10. The van der Waals surface area contributed by atoms with E-state index in [1.807, 2.05) is 24.3 Å². The molecule has 0 bridgehead atoms. The zero-order chi connectivity index (χ0) is 23.6. The van der Waals surface area contributed by atoms with Crippen LogP contribution in [-0.4, -0.2) is 9.97 Å². The van der Waals surface area contributed by atoms with E-state index < -0.39 is 0 Å². The van der Waals surface area contributed by atoms with Gasteiger partial charge >= 0.3 is 0 Å². The smallest absolute Gasteiger partial charge is 0.151 e. The molecule has 2 aliphatic rings. The molecule has 0 fully saturated rings. The van der Waals surface area contributed by atoms with Gasteiger partial charge in [0.05, 0.1) is 22.8 Å². The molecule has 0 atom stereocenters. The summed E-state index contributed by atoms with van der Waals surface area (Å²) in [6, 6.07) is 36.0. The van der Waals surface area contributed by atoms with Crippen LogP contribution in [0.25, 0.3) is 44.4 Å². The number of hydrogen-bond acceptors (Lipinski definition) is 4. The number of ether oxygens (including phenoxy) is 1. The van der Waals surface area contributed by atoms with Gasteiger partial charge in [0.1, 0.15) is 0 Å². The van der Waals surface area contributed by atoms with Gasteiger partial charge in [0.25, 0.3) is 0 Å². The Morgan fingerprint density at radius 3 is 1.94 bits per heavy atom. The molecule has 6 aromatic rings. The Morgan fingerprint density at radius 2 is 1.19 bits per heavy atom. The van der Waals surface area contributed by atoms with Crippen LogP contribution in [0.4, 0.5) is 17.1 Å². The SMILES string of the molecule is c1cc(-c2ccc3c4c(cccc24)-c2nccnc2-3)cc(N2c3ccccc3Oc3ccccc32)c1. The number of fused-ring (bicyclic) bond motifs is 5. The highest BCUT2D eigenvalue weighted by Gasteiger charge is 2.27. The lowest BCUT2D eigenvalue weighted by molar-refractivity contribution is 0.477. The molecule has 0 unspecified atom stereocenters. The Labute approximate surface area is 208 Å². The molecule has 2 heterocycles. The van der Waals surface area contributed by atoms with Crippen LogP contribution in [0.3, 0.4) is 0 Å². The molecule has 168 valence electrons. The number of para-hydroxylation sites is 4. The molecule has 0 saturated carbocycles. The summed E-state index contributed by atoms with van der Waals surface area (Å²) in [6.07, 6.45) is 3.54. The van der Waals surface area contributed by atoms with Crippen LogP contribution in [0.1, 0.15) is 0 Å². The molecule has 0 amide bonds. The number of hydrogen-bond donors (Lipinski definition) is 0. The summed E-state index contributed by atoms with van der Waals surface area (Å²) < 4.78 is 6.21. The zero-order valence-electron chi connectivity index (χ0n) is 19.2. The minimum absolute atomic E-state index is 0.852. The van der Waals surface area contributed by atoms with E-state index in [9.17, 15) is 0 Å². The van der Waals surface area contributed by atoms with Gasteiger partial charge in [-0.1, -0.05) is 66.7 Å². The molecule has 1 aliphatic carbocycles. The predicted octanol–water partition coefficient (Wildman–Crippen LogP) is 8.52. The fraction of sp³-hybridized carbons (Fsp3) is 0. The molecule has 4 heteroatoms. The van der Waals surface area contributed by atoms with E-state index in [0.717, 1.165) is 56.6 Å². The maximum Gasteiger partial charge on any atom is 0.151 e. The average Bonchev–Trinajstić information content (AvgIpc) is 3.27. The molecule has 8 rings (SSSR count). The van der Waals surface area contributed by atoms with E-state index in [-0.39, 0.29) is 0 Å². The van der Waals surface area contributed by atoms with Crippen LogP contribution < -0.4 is 9.64 Å². The maximum atomic E-state index is 6.21. The van der Waals surface area contributed by atoms with Crippen LogP contribution in [0.5, 0.6) is 11.5 Å². The summed E-state index contributed by atoms with van der Waals surface area (Å²) >= 11 is 0.